The van der Waals surface area contributed by atoms with Crippen molar-refractivity contribution in [1.82, 2.24) is 10.3 Å². The van der Waals surface area contributed by atoms with Gasteiger partial charge in [-0.3, -0.25) is 4.79 Å². The number of guanidine groups is 1. The van der Waals surface area contributed by atoms with Gasteiger partial charge in [-0.25, -0.2) is 15.1 Å². The number of carbonyl (C=O) groups excluding carboxylic acids is 1. The molecule has 0 fully saturated rings. The Hall–Kier alpha value is -2.27. The van der Waals surface area contributed by atoms with Crippen molar-refractivity contribution in [2.75, 3.05) is 11.9 Å². The van der Waals surface area contributed by atoms with Gasteiger partial charge in [0.15, 0.2) is 10.2 Å². The molecule has 21 heavy (non-hydrogen) atoms. The van der Waals surface area contributed by atoms with Gasteiger partial charge in [0.1, 0.15) is 5.10 Å². The summed E-state index contributed by atoms with van der Waals surface area (Å²) >= 11 is 1.30. The highest BCUT2D eigenvalue weighted by molar-refractivity contribution is 7.13. The van der Waals surface area contributed by atoms with Gasteiger partial charge in [0, 0.05) is 18.1 Å². The molecule has 0 unspecified atom stereocenters. The first-order valence-electron chi connectivity index (χ1n) is 6.08. The number of aromatic nitrogens is 1. The molecule has 1 amide bonds. The number of anilines is 1. The quantitative estimate of drug-likeness (QED) is 0.229. The van der Waals surface area contributed by atoms with Gasteiger partial charge >= 0.3 is 0 Å². The molecule has 0 aliphatic carbocycles. The van der Waals surface area contributed by atoms with Crippen molar-refractivity contribution in [2.45, 2.75) is 19.4 Å². The molecule has 1 heterocycles. The van der Waals surface area contributed by atoms with Gasteiger partial charge in [-0.05, 0) is 12.3 Å². The summed E-state index contributed by atoms with van der Waals surface area (Å²) in [5, 5.41) is 19.5. The average molecular weight is 315 g/mol. The molecule has 11 heteroatoms. The van der Waals surface area contributed by atoms with E-state index >= 15 is 0 Å². The van der Waals surface area contributed by atoms with Crippen LogP contribution < -0.4 is 22.1 Å². The third-order valence-electron chi connectivity index (χ3n) is 2.67. The molecule has 1 aromatic rings. The summed E-state index contributed by atoms with van der Waals surface area (Å²) in [5.74, 6) is -0.766. The van der Waals surface area contributed by atoms with Crippen molar-refractivity contribution in [2.24, 2.45) is 22.5 Å². The normalized spacial score (nSPS) is 14.3. The fourth-order valence-electron chi connectivity index (χ4n) is 1.46. The smallest absolute Gasteiger partial charge is 0.266 e. The number of thiazole rings is 1. The Labute approximate surface area is 124 Å². The number of rotatable bonds is 7. The van der Waals surface area contributed by atoms with E-state index in [0.29, 0.717) is 18.1 Å². The summed E-state index contributed by atoms with van der Waals surface area (Å²) in [7, 11) is 0. The number of hydrogen-bond acceptors (Lipinski definition) is 6. The van der Waals surface area contributed by atoms with Crippen LogP contribution in [0.1, 0.15) is 13.3 Å². The molecular weight excluding hydrogens is 298 g/mol. The highest BCUT2D eigenvalue weighted by Gasteiger charge is 2.21. The van der Waals surface area contributed by atoms with Crippen molar-refractivity contribution in [1.29, 1.82) is 0 Å². The molecule has 0 aliphatic heterocycles. The van der Waals surface area contributed by atoms with E-state index in [1.54, 1.807) is 18.5 Å². The van der Waals surface area contributed by atoms with Crippen molar-refractivity contribution < 1.29 is 9.83 Å². The minimum Gasteiger partial charge on any atom is -0.365 e. The summed E-state index contributed by atoms with van der Waals surface area (Å²) in [6, 6.07) is -0.718. The van der Waals surface area contributed by atoms with Gasteiger partial charge < -0.3 is 22.1 Å². The van der Waals surface area contributed by atoms with E-state index in [4.69, 9.17) is 11.5 Å². The van der Waals surface area contributed by atoms with Crippen LogP contribution in [-0.2, 0) is 4.79 Å². The van der Waals surface area contributed by atoms with E-state index in [1.165, 1.54) is 11.3 Å². The standard InChI is InChI=1S/C10H17N7O3S/c1-6(2-3-13-9(12)16-17(19)20)7(11)8(18)15-10-14-4-5-21-10/h4-7H,2-3,11H2,1H3,(H3,12,13,16)(H,14,15,18)/t6-,7+/m1/s1. The van der Waals surface area contributed by atoms with Crippen molar-refractivity contribution in [3.8, 4) is 0 Å². The number of hydrogen-bond donors (Lipinski definition) is 4. The maximum atomic E-state index is 11.9. The van der Waals surface area contributed by atoms with Crippen LogP contribution >= 0.6 is 11.3 Å². The Morgan fingerprint density at radius 1 is 1.67 bits per heavy atom. The summed E-state index contributed by atoms with van der Waals surface area (Å²) in [5.41, 5.74) is 11.1. The van der Waals surface area contributed by atoms with Gasteiger partial charge in [-0.1, -0.05) is 6.92 Å². The molecule has 0 radical (unpaired) electrons. The van der Waals surface area contributed by atoms with Gasteiger partial charge in [0.2, 0.25) is 5.91 Å². The second kappa shape index (κ2) is 8.11. The highest BCUT2D eigenvalue weighted by Crippen LogP contribution is 2.13. The van der Waals surface area contributed by atoms with E-state index < -0.39 is 11.1 Å². The van der Waals surface area contributed by atoms with Gasteiger partial charge in [0.05, 0.1) is 6.04 Å². The van der Waals surface area contributed by atoms with E-state index in [1.807, 2.05) is 0 Å². The van der Waals surface area contributed by atoms with Crippen LogP contribution in [0.15, 0.2) is 16.7 Å². The molecule has 2 atom stereocenters. The first-order valence-corrected chi connectivity index (χ1v) is 6.96. The van der Waals surface area contributed by atoms with E-state index in [9.17, 15) is 14.9 Å². The number of nitro groups is 1. The molecule has 6 N–H and O–H groups in total. The predicted octanol–water partition coefficient (Wildman–Crippen LogP) is -0.469. The fraction of sp³-hybridized carbons (Fsp3) is 0.500. The van der Waals surface area contributed by atoms with Crippen LogP contribution in [0.5, 0.6) is 0 Å². The zero-order valence-electron chi connectivity index (χ0n) is 11.4. The zero-order chi connectivity index (χ0) is 15.8. The number of nitrogens with two attached hydrogens (primary N) is 2. The second-order valence-corrected chi connectivity index (χ2v) is 5.16. The van der Waals surface area contributed by atoms with Crippen LogP contribution in [0.25, 0.3) is 0 Å². The number of hydrazone groups is 1. The molecule has 0 spiro atoms. The Balaban J connectivity index is 2.35. The summed E-state index contributed by atoms with van der Waals surface area (Å²) in [6.45, 7) is 2.12. The summed E-state index contributed by atoms with van der Waals surface area (Å²) in [4.78, 5) is 25.9. The first-order chi connectivity index (χ1) is 9.90. The van der Waals surface area contributed by atoms with Crippen LogP contribution in [0.2, 0.25) is 0 Å². The van der Waals surface area contributed by atoms with E-state index in [2.05, 4.69) is 20.7 Å². The van der Waals surface area contributed by atoms with Crippen LogP contribution in [0, 0.1) is 16.0 Å². The molecular formula is C10H17N7O3S. The van der Waals surface area contributed by atoms with Crippen molar-refractivity contribution in [3.05, 3.63) is 21.7 Å². The molecule has 0 bridgehead atoms. The number of nitrogens with one attached hydrogen (secondary N) is 2. The molecule has 0 aromatic carbocycles. The lowest BCUT2D eigenvalue weighted by Crippen LogP contribution is -2.42. The molecule has 1 rings (SSSR count). The first kappa shape index (κ1) is 16.8. The lowest BCUT2D eigenvalue weighted by molar-refractivity contribution is -0.485. The summed E-state index contributed by atoms with van der Waals surface area (Å²) in [6.07, 6.45) is 2.08. The third kappa shape index (κ3) is 6.14. The second-order valence-electron chi connectivity index (χ2n) is 4.27. The third-order valence-corrected chi connectivity index (χ3v) is 3.36. The summed E-state index contributed by atoms with van der Waals surface area (Å²) < 4.78 is 0. The van der Waals surface area contributed by atoms with Crippen LogP contribution in [0.4, 0.5) is 5.13 Å². The molecule has 0 saturated heterocycles. The minimum absolute atomic E-state index is 0.152. The number of nitrogens with zero attached hydrogens (tertiary/aromatic N) is 3. The largest absolute Gasteiger partial charge is 0.365 e. The SMILES string of the molecule is C[C@H](CCN/C(N)=N/[N+](=O)[O-])[C@H](N)C(=O)Nc1nccs1. The maximum Gasteiger partial charge on any atom is 0.266 e. The molecule has 10 nitrogen and oxygen atoms in total. The molecule has 0 saturated carbocycles. The van der Waals surface area contributed by atoms with E-state index in [0.717, 1.165) is 0 Å². The Morgan fingerprint density at radius 2 is 2.38 bits per heavy atom. The Kier molecular flexibility index (Phi) is 6.49. The Morgan fingerprint density at radius 3 is 2.95 bits per heavy atom. The Bertz CT molecular complexity index is 505. The van der Waals surface area contributed by atoms with Gasteiger partial charge in [0.25, 0.3) is 5.96 Å². The fourth-order valence-corrected chi connectivity index (χ4v) is 1.99. The van der Waals surface area contributed by atoms with Crippen molar-refractivity contribution >= 4 is 28.3 Å². The molecule has 0 aliphatic rings. The monoisotopic (exact) mass is 315 g/mol. The maximum absolute atomic E-state index is 11.9. The number of amides is 1. The zero-order valence-corrected chi connectivity index (χ0v) is 12.2. The molecule has 1 aromatic heterocycles. The average Bonchev–Trinajstić information content (AvgIpc) is 2.89. The van der Waals surface area contributed by atoms with E-state index in [-0.39, 0.29) is 17.8 Å². The van der Waals surface area contributed by atoms with Gasteiger partial charge in [-0.2, -0.15) is 0 Å². The van der Waals surface area contributed by atoms with Crippen LogP contribution in [0.3, 0.4) is 0 Å². The van der Waals surface area contributed by atoms with Crippen LogP contribution in [-0.4, -0.2) is 34.5 Å². The lowest BCUT2D eigenvalue weighted by atomic mass is 9.98. The predicted molar refractivity (Wildman–Crippen MR) is 79.1 cm³/mol. The lowest BCUT2D eigenvalue weighted by Gasteiger charge is -2.18. The topological polar surface area (TPSA) is 162 Å². The minimum atomic E-state index is -0.890. The van der Waals surface area contributed by atoms with Gasteiger partial charge in [-0.15, -0.1) is 11.3 Å². The number of carbonyl (C=O) groups is 1. The highest BCUT2D eigenvalue weighted by atomic mass is 32.1. The molecule has 116 valence electrons. The van der Waals surface area contributed by atoms with Crippen molar-refractivity contribution in [3.63, 3.8) is 0 Å².